The van der Waals surface area contributed by atoms with Gasteiger partial charge in [0.1, 0.15) is 0 Å². The number of hydrogen-bond donors (Lipinski definition) is 0. The van der Waals surface area contributed by atoms with Crippen molar-refractivity contribution in [2.75, 3.05) is 0 Å². The van der Waals surface area contributed by atoms with E-state index in [-0.39, 0.29) is 0 Å². The van der Waals surface area contributed by atoms with Gasteiger partial charge in [-0.05, 0) is 49.1 Å². The zero-order valence-electron chi connectivity index (χ0n) is 10.3. The predicted molar refractivity (Wildman–Crippen MR) is 79.6 cm³/mol. The van der Waals surface area contributed by atoms with Gasteiger partial charge in [0, 0.05) is 15.2 Å². The molecule has 0 amide bonds. The molecule has 1 fully saturated rings. The smallest absolute Gasteiger partial charge is 0.0406 e. The Morgan fingerprint density at radius 3 is 2.33 bits per heavy atom. The molecule has 1 saturated carbocycles. The third-order valence-electron chi connectivity index (χ3n) is 3.34. The normalized spacial score (nSPS) is 21.9. The molecule has 92 valence electrons. The average Bonchev–Trinajstić information content (AvgIpc) is 3.12. The quantitative estimate of drug-likeness (QED) is 0.732. The fourth-order valence-corrected chi connectivity index (χ4v) is 3.55. The van der Waals surface area contributed by atoms with Crippen LogP contribution in [0, 0.1) is 6.92 Å². The van der Waals surface area contributed by atoms with Crippen molar-refractivity contribution in [1.82, 2.24) is 0 Å². The van der Waals surface area contributed by atoms with Crippen LogP contribution in [0.3, 0.4) is 0 Å². The van der Waals surface area contributed by atoms with E-state index in [1.54, 1.807) is 0 Å². The summed E-state index contributed by atoms with van der Waals surface area (Å²) in [6, 6.07) is 17.1. The van der Waals surface area contributed by atoms with Crippen LogP contribution >= 0.6 is 23.4 Å². The Hall–Kier alpha value is -0.920. The van der Waals surface area contributed by atoms with Gasteiger partial charge in [0.05, 0.1) is 0 Å². The lowest BCUT2D eigenvalue weighted by molar-refractivity contribution is 1.13. The molecule has 2 atom stereocenters. The Morgan fingerprint density at radius 2 is 1.67 bits per heavy atom. The Kier molecular flexibility index (Phi) is 3.36. The summed E-state index contributed by atoms with van der Waals surface area (Å²) in [6.07, 6.45) is 1.29. The van der Waals surface area contributed by atoms with Crippen LogP contribution in [0.5, 0.6) is 0 Å². The lowest BCUT2D eigenvalue weighted by Gasteiger charge is -2.02. The molecule has 0 unspecified atom stereocenters. The molecule has 0 aliphatic heterocycles. The maximum Gasteiger partial charge on any atom is 0.0406 e. The van der Waals surface area contributed by atoms with Gasteiger partial charge in [-0.25, -0.2) is 0 Å². The van der Waals surface area contributed by atoms with E-state index in [2.05, 4.69) is 43.3 Å². The molecule has 0 radical (unpaired) electrons. The molecule has 2 aromatic carbocycles. The van der Waals surface area contributed by atoms with E-state index < -0.39 is 0 Å². The molecule has 0 N–H and O–H groups in total. The van der Waals surface area contributed by atoms with Gasteiger partial charge < -0.3 is 0 Å². The van der Waals surface area contributed by atoms with E-state index in [4.69, 9.17) is 11.6 Å². The number of thioether (sulfide) groups is 1. The molecule has 1 aliphatic rings. The summed E-state index contributed by atoms with van der Waals surface area (Å²) < 4.78 is 0. The summed E-state index contributed by atoms with van der Waals surface area (Å²) in [5, 5.41) is 1.54. The molecule has 3 rings (SSSR count). The molecular formula is C16H15ClS. The van der Waals surface area contributed by atoms with Gasteiger partial charge in [-0.2, -0.15) is 0 Å². The van der Waals surface area contributed by atoms with Crippen LogP contribution in [-0.2, 0) is 0 Å². The minimum Gasteiger partial charge on any atom is -0.122 e. The van der Waals surface area contributed by atoms with E-state index in [0.717, 1.165) is 16.2 Å². The van der Waals surface area contributed by atoms with Crippen LogP contribution < -0.4 is 0 Å². The Morgan fingerprint density at radius 1 is 1.00 bits per heavy atom. The molecular weight excluding hydrogens is 260 g/mol. The van der Waals surface area contributed by atoms with Crippen molar-refractivity contribution in [3.8, 4) is 0 Å². The molecule has 18 heavy (non-hydrogen) atoms. The van der Waals surface area contributed by atoms with E-state index in [1.807, 2.05) is 23.9 Å². The van der Waals surface area contributed by atoms with Crippen molar-refractivity contribution in [3.05, 3.63) is 64.7 Å². The largest absolute Gasteiger partial charge is 0.122 e. The summed E-state index contributed by atoms with van der Waals surface area (Å²) >= 11 is 7.86. The first-order valence-corrected chi connectivity index (χ1v) is 7.47. The minimum absolute atomic E-state index is 0.728. The second-order valence-electron chi connectivity index (χ2n) is 4.86. The SMILES string of the molecule is Cc1ccc([C@@H]2C[C@@H]2Sc2ccc(Cl)cc2)cc1. The third kappa shape index (κ3) is 2.73. The Labute approximate surface area is 117 Å². The van der Waals surface area contributed by atoms with Crippen molar-refractivity contribution in [3.63, 3.8) is 0 Å². The van der Waals surface area contributed by atoms with E-state index in [0.29, 0.717) is 0 Å². The first-order chi connectivity index (χ1) is 8.72. The maximum absolute atomic E-state index is 5.89. The highest BCUT2D eigenvalue weighted by Crippen LogP contribution is 2.51. The van der Waals surface area contributed by atoms with Crippen LogP contribution in [0.15, 0.2) is 53.4 Å². The fourth-order valence-electron chi connectivity index (χ4n) is 2.15. The first kappa shape index (κ1) is 12.1. The molecule has 1 aliphatic carbocycles. The molecule has 0 heterocycles. The average molecular weight is 275 g/mol. The van der Waals surface area contributed by atoms with Gasteiger partial charge >= 0.3 is 0 Å². The van der Waals surface area contributed by atoms with E-state index in [1.165, 1.54) is 22.4 Å². The Bertz CT molecular complexity index is 530. The number of benzene rings is 2. The monoisotopic (exact) mass is 274 g/mol. The fraction of sp³-hybridized carbons (Fsp3) is 0.250. The highest BCUT2D eigenvalue weighted by atomic mass is 35.5. The van der Waals surface area contributed by atoms with Crippen molar-refractivity contribution in [2.45, 2.75) is 29.4 Å². The number of aryl methyl sites for hydroxylation is 1. The first-order valence-electron chi connectivity index (χ1n) is 6.21. The molecule has 2 heteroatoms. The molecule has 0 nitrogen and oxygen atoms in total. The second kappa shape index (κ2) is 4.99. The summed E-state index contributed by atoms with van der Waals surface area (Å²) in [5.41, 5.74) is 2.81. The lowest BCUT2D eigenvalue weighted by atomic mass is 10.1. The van der Waals surface area contributed by atoms with Crippen molar-refractivity contribution >= 4 is 23.4 Å². The molecule has 0 saturated heterocycles. The summed E-state index contributed by atoms with van der Waals surface area (Å²) in [6.45, 7) is 2.14. The van der Waals surface area contributed by atoms with Crippen LogP contribution in [0.25, 0.3) is 0 Å². The van der Waals surface area contributed by atoms with Crippen LogP contribution in [0.4, 0.5) is 0 Å². The standard InChI is InChI=1S/C16H15ClS/c1-11-2-4-12(5-3-11)15-10-16(15)18-14-8-6-13(17)7-9-14/h2-9,15-16H,10H2,1H3/t15-,16-/m0/s1. The molecule has 0 spiro atoms. The maximum atomic E-state index is 5.89. The number of halogens is 1. The van der Waals surface area contributed by atoms with Gasteiger partial charge in [-0.3, -0.25) is 0 Å². The van der Waals surface area contributed by atoms with Crippen molar-refractivity contribution < 1.29 is 0 Å². The van der Waals surface area contributed by atoms with Crippen LogP contribution in [0.2, 0.25) is 5.02 Å². The van der Waals surface area contributed by atoms with Crippen LogP contribution in [0.1, 0.15) is 23.5 Å². The van der Waals surface area contributed by atoms with Gasteiger partial charge in [0.25, 0.3) is 0 Å². The highest BCUT2D eigenvalue weighted by Gasteiger charge is 2.38. The van der Waals surface area contributed by atoms with E-state index in [9.17, 15) is 0 Å². The van der Waals surface area contributed by atoms with E-state index >= 15 is 0 Å². The predicted octanol–water partition coefficient (Wildman–Crippen LogP) is 5.30. The van der Waals surface area contributed by atoms with Gasteiger partial charge in [-0.15, -0.1) is 11.8 Å². The van der Waals surface area contributed by atoms with Gasteiger partial charge in [-0.1, -0.05) is 41.4 Å². The minimum atomic E-state index is 0.728. The number of hydrogen-bond acceptors (Lipinski definition) is 1. The zero-order chi connectivity index (χ0) is 12.5. The van der Waals surface area contributed by atoms with Crippen molar-refractivity contribution in [2.24, 2.45) is 0 Å². The summed E-state index contributed by atoms with van der Waals surface area (Å²) in [5.74, 6) is 0.728. The summed E-state index contributed by atoms with van der Waals surface area (Å²) in [7, 11) is 0. The second-order valence-corrected chi connectivity index (χ2v) is 6.61. The molecule has 2 aromatic rings. The molecule has 0 aromatic heterocycles. The summed E-state index contributed by atoms with van der Waals surface area (Å²) in [4.78, 5) is 1.32. The zero-order valence-corrected chi connectivity index (χ0v) is 11.8. The third-order valence-corrected chi connectivity index (χ3v) is 4.96. The van der Waals surface area contributed by atoms with Gasteiger partial charge in [0.15, 0.2) is 0 Å². The Balaban J connectivity index is 1.64. The topological polar surface area (TPSA) is 0 Å². The van der Waals surface area contributed by atoms with Crippen LogP contribution in [-0.4, -0.2) is 5.25 Å². The number of rotatable bonds is 3. The molecule has 0 bridgehead atoms. The van der Waals surface area contributed by atoms with Crippen molar-refractivity contribution in [1.29, 1.82) is 0 Å². The highest BCUT2D eigenvalue weighted by molar-refractivity contribution is 8.00. The lowest BCUT2D eigenvalue weighted by Crippen LogP contribution is -1.84. The van der Waals surface area contributed by atoms with Gasteiger partial charge in [0.2, 0.25) is 0 Å².